The second kappa shape index (κ2) is 9.29. The number of amides is 1. The molecular weight excluding hydrogens is 380 g/mol. The quantitative estimate of drug-likeness (QED) is 0.477. The Labute approximate surface area is 164 Å². The van der Waals surface area contributed by atoms with E-state index in [1.165, 1.54) is 22.8 Å². The number of benzene rings is 2. The maximum atomic E-state index is 12.1. The fourth-order valence-electron chi connectivity index (χ4n) is 2.24. The molecule has 0 aliphatic heterocycles. The molecule has 0 aliphatic rings. The van der Waals surface area contributed by atoms with Gasteiger partial charge in [0.2, 0.25) is 0 Å². The monoisotopic (exact) mass is 394 g/mol. The number of ether oxygens (including phenoxy) is 1. The van der Waals surface area contributed by atoms with Crippen LogP contribution in [-0.2, 0) is 9.53 Å². The molecule has 0 fully saturated rings. The van der Waals surface area contributed by atoms with Gasteiger partial charge < -0.3 is 10.1 Å². The Bertz CT molecular complexity index is 999. The SMILES string of the molecule is N#CCSc1ccccc1NC(=O)COC(=O)c1ccc(-n2cnnn2)cc1. The van der Waals surface area contributed by atoms with Gasteiger partial charge in [-0.2, -0.15) is 5.26 Å². The Morgan fingerprint density at radius 3 is 2.68 bits per heavy atom. The van der Waals surface area contributed by atoms with Gasteiger partial charge in [-0.05, 0) is 46.8 Å². The number of nitriles is 1. The summed E-state index contributed by atoms with van der Waals surface area (Å²) in [6.45, 7) is -0.426. The van der Waals surface area contributed by atoms with Crippen LogP contribution < -0.4 is 5.32 Å². The zero-order valence-electron chi connectivity index (χ0n) is 14.5. The van der Waals surface area contributed by atoms with E-state index in [0.29, 0.717) is 16.9 Å². The van der Waals surface area contributed by atoms with E-state index in [1.54, 1.807) is 42.5 Å². The highest BCUT2D eigenvalue weighted by Gasteiger charge is 2.12. The minimum absolute atomic E-state index is 0.266. The van der Waals surface area contributed by atoms with Gasteiger partial charge in [0.1, 0.15) is 6.33 Å². The second-order valence-corrected chi connectivity index (χ2v) is 6.39. The topological polar surface area (TPSA) is 123 Å². The highest BCUT2D eigenvalue weighted by molar-refractivity contribution is 7.99. The first-order valence-corrected chi connectivity index (χ1v) is 9.05. The number of hydrogen-bond acceptors (Lipinski definition) is 8. The van der Waals surface area contributed by atoms with Crippen LogP contribution in [0, 0.1) is 11.3 Å². The van der Waals surface area contributed by atoms with Crippen molar-refractivity contribution < 1.29 is 14.3 Å². The normalized spacial score (nSPS) is 10.1. The summed E-state index contributed by atoms with van der Waals surface area (Å²) in [6, 6.07) is 15.6. The highest BCUT2D eigenvalue weighted by atomic mass is 32.2. The number of carbonyl (C=O) groups excluding carboxylic acids is 2. The van der Waals surface area contributed by atoms with Gasteiger partial charge in [0.15, 0.2) is 6.61 Å². The maximum Gasteiger partial charge on any atom is 0.338 e. The van der Waals surface area contributed by atoms with Crippen LogP contribution in [-0.4, -0.2) is 44.4 Å². The van der Waals surface area contributed by atoms with E-state index in [-0.39, 0.29) is 5.75 Å². The molecule has 1 aromatic heterocycles. The summed E-state index contributed by atoms with van der Waals surface area (Å²) in [5, 5.41) is 22.2. The number of esters is 1. The van der Waals surface area contributed by atoms with E-state index in [2.05, 4.69) is 20.8 Å². The van der Waals surface area contributed by atoms with Gasteiger partial charge in [-0.3, -0.25) is 4.79 Å². The van der Waals surface area contributed by atoms with E-state index in [4.69, 9.17) is 10.00 Å². The minimum atomic E-state index is -0.620. The van der Waals surface area contributed by atoms with Gasteiger partial charge in [0.25, 0.3) is 5.91 Å². The maximum absolute atomic E-state index is 12.1. The Morgan fingerprint density at radius 1 is 1.18 bits per heavy atom. The van der Waals surface area contributed by atoms with Crippen LogP contribution in [0.4, 0.5) is 5.69 Å². The molecule has 28 heavy (non-hydrogen) atoms. The van der Waals surface area contributed by atoms with Crippen LogP contribution >= 0.6 is 11.8 Å². The van der Waals surface area contributed by atoms with Crippen LogP contribution in [0.3, 0.4) is 0 Å². The Morgan fingerprint density at radius 2 is 1.96 bits per heavy atom. The van der Waals surface area contributed by atoms with Gasteiger partial charge in [-0.25, -0.2) is 9.48 Å². The van der Waals surface area contributed by atoms with Crippen molar-refractivity contribution in [3.8, 4) is 11.8 Å². The lowest BCUT2D eigenvalue weighted by atomic mass is 10.2. The average molecular weight is 394 g/mol. The Balaban J connectivity index is 1.55. The lowest BCUT2D eigenvalue weighted by Gasteiger charge is -2.10. The number of nitrogens with zero attached hydrogens (tertiary/aromatic N) is 5. The molecule has 1 amide bonds. The first-order valence-electron chi connectivity index (χ1n) is 8.06. The van der Waals surface area contributed by atoms with Gasteiger partial charge in [0, 0.05) is 4.90 Å². The number of anilines is 1. The molecule has 1 N–H and O–H groups in total. The van der Waals surface area contributed by atoms with Gasteiger partial charge in [-0.15, -0.1) is 16.9 Å². The molecule has 3 rings (SSSR count). The largest absolute Gasteiger partial charge is 0.452 e. The van der Waals surface area contributed by atoms with Crippen molar-refractivity contribution in [1.82, 2.24) is 20.2 Å². The predicted octanol–water partition coefficient (Wildman–Crippen LogP) is 2.07. The van der Waals surface area contributed by atoms with Crippen molar-refractivity contribution in [2.45, 2.75) is 4.90 Å². The summed E-state index contributed by atoms with van der Waals surface area (Å²) < 4.78 is 6.51. The molecule has 1 heterocycles. The number of para-hydroxylation sites is 1. The van der Waals surface area contributed by atoms with Crippen molar-refractivity contribution >= 4 is 29.3 Å². The molecule has 10 heteroatoms. The van der Waals surface area contributed by atoms with Crippen molar-refractivity contribution in [1.29, 1.82) is 5.26 Å². The molecule has 0 unspecified atom stereocenters. The fraction of sp³-hybridized carbons (Fsp3) is 0.111. The van der Waals surface area contributed by atoms with E-state index in [0.717, 1.165) is 4.90 Å². The third kappa shape index (κ3) is 4.93. The summed E-state index contributed by atoms with van der Waals surface area (Å²) in [5.74, 6) is -0.822. The van der Waals surface area contributed by atoms with Crippen molar-refractivity contribution in [2.24, 2.45) is 0 Å². The van der Waals surface area contributed by atoms with E-state index in [1.807, 2.05) is 12.1 Å². The van der Waals surface area contributed by atoms with E-state index in [9.17, 15) is 9.59 Å². The molecule has 0 bridgehead atoms. The number of thioether (sulfide) groups is 1. The molecule has 0 saturated carbocycles. The average Bonchev–Trinajstić information content (AvgIpc) is 3.26. The summed E-state index contributed by atoms with van der Waals surface area (Å²) >= 11 is 1.31. The second-order valence-electron chi connectivity index (χ2n) is 5.37. The molecular formula is C18H14N6O3S. The highest BCUT2D eigenvalue weighted by Crippen LogP contribution is 2.26. The summed E-state index contributed by atoms with van der Waals surface area (Å²) in [5.41, 5.74) is 1.55. The number of tetrazole rings is 1. The van der Waals surface area contributed by atoms with E-state index >= 15 is 0 Å². The van der Waals surface area contributed by atoms with Crippen LogP contribution in [0.5, 0.6) is 0 Å². The number of carbonyl (C=O) groups is 2. The molecule has 2 aromatic carbocycles. The van der Waals surface area contributed by atoms with Crippen molar-refractivity contribution in [2.75, 3.05) is 17.7 Å². The molecule has 9 nitrogen and oxygen atoms in total. The molecule has 0 saturated heterocycles. The molecule has 0 spiro atoms. The van der Waals surface area contributed by atoms with Gasteiger partial charge >= 0.3 is 5.97 Å². The third-order valence-electron chi connectivity index (χ3n) is 3.50. The Hall–Kier alpha value is -3.71. The standard InChI is InChI=1S/C18H14N6O3S/c19-9-10-28-16-4-2-1-3-15(16)21-17(25)11-27-18(26)13-5-7-14(8-6-13)24-12-20-22-23-24/h1-8,12H,10-11H2,(H,21,25). The third-order valence-corrected chi connectivity index (χ3v) is 4.44. The smallest absolute Gasteiger partial charge is 0.338 e. The zero-order valence-corrected chi connectivity index (χ0v) is 15.3. The zero-order chi connectivity index (χ0) is 19.8. The molecule has 0 radical (unpaired) electrons. The first-order chi connectivity index (χ1) is 13.7. The number of rotatable bonds is 7. The van der Waals surface area contributed by atoms with Crippen LogP contribution in [0.1, 0.15) is 10.4 Å². The van der Waals surface area contributed by atoms with E-state index < -0.39 is 18.5 Å². The molecule has 3 aromatic rings. The number of aromatic nitrogens is 4. The van der Waals surface area contributed by atoms with Gasteiger partial charge in [0.05, 0.1) is 28.8 Å². The summed E-state index contributed by atoms with van der Waals surface area (Å²) in [6.07, 6.45) is 1.43. The lowest BCUT2D eigenvalue weighted by molar-refractivity contribution is -0.119. The number of hydrogen-bond donors (Lipinski definition) is 1. The van der Waals surface area contributed by atoms with Crippen LogP contribution in [0.25, 0.3) is 5.69 Å². The number of nitrogens with one attached hydrogen (secondary N) is 1. The first kappa shape index (κ1) is 19.1. The summed E-state index contributed by atoms with van der Waals surface area (Å²) in [4.78, 5) is 25.0. The van der Waals surface area contributed by atoms with Crippen LogP contribution in [0.15, 0.2) is 59.8 Å². The van der Waals surface area contributed by atoms with Crippen molar-refractivity contribution in [3.05, 3.63) is 60.4 Å². The lowest BCUT2D eigenvalue weighted by Crippen LogP contribution is -2.21. The van der Waals surface area contributed by atoms with Crippen LogP contribution in [0.2, 0.25) is 0 Å². The Kier molecular flexibility index (Phi) is 6.33. The fourth-order valence-corrected chi connectivity index (χ4v) is 2.91. The van der Waals surface area contributed by atoms with Gasteiger partial charge in [-0.1, -0.05) is 12.1 Å². The molecule has 140 valence electrons. The predicted molar refractivity (Wildman–Crippen MR) is 101 cm³/mol. The molecule has 0 aliphatic carbocycles. The van der Waals surface area contributed by atoms with Crippen molar-refractivity contribution in [3.63, 3.8) is 0 Å². The summed E-state index contributed by atoms with van der Waals surface area (Å²) in [7, 11) is 0. The minimum Gasteiger partial charge on any atom is -0.452 e. The molecule has 0 atom stereocenters.